The third kappa shape index (κ3) is 7.03. The number of allylic oxidation sites excluding steroid dienone is 2. The highest BCUT2D eigenvalue weighted by Gasteiger charge is 1.96. The number of esters is 1. The van der Waals surface area contributed by atoms with E-state index in [4.69, 9.17) is 0 Å². The zero-order chi connectivity index (χ0) is 13.1. The monoisotopic (exact) mass is 262 g/mol. The molecule has 0 heterocycles. The lowest BCUT2D eigenvalue weighted by molar-refractivity contribution is -0.140. The lowest BCUT2D eigenvalue weighted by atomic mass is 10.2. The molecule has 0 aliphatic carbocycles. The van der Waals surface area contributed by atoms with Gasteiger partial charge in [-0.15, -0.1) is 0 Å². The van der Waals surface area contributed by atoms with E-state index in [2.05, 4.69) is 47.0 Å². The number of rotatable bonds is 7. The van der Waals surface area contributed by atoms with Crippen LogP contribution in [0, 0.1) is 0 Å². The predicted molar refractivity (Wildman–Crippen MR) is 78.7 cm³/mol. The van der Waals surface area contributed by atoms with Gasteiger partial charge in [-0.1, -0.05) is 56.5 Å². The van der Waals surface area contributed by atoms with Crippen molar-refractivity contribution in [3.05, 3.63) is 42.5 Å². The van der Waals surface area contributed by atoms with Gasteiger partial charge < -0.3 is 4.74 Å². The highest BCUT2D eigenvalue weighted by Crippen LogP contribution is 2.00. The largest absolute Gasteiger partial charge is 0.469 e. The second-order valence-corrected chi connectivity index (χ2v) is 4.96. The molecule has 3 heteroatoms. The maximum atomic E-state index is 10.9. The molecular formula is C15H19O2P. The minimum Gasteiger partial charge on any atom is -0.469 e. The van der Waals surface area contributed by atoms with Crippen LogP contribution in [0.3, 0.4) is 0 Å². The summed E-state index contributed by atoms with van der Waals surface area (Å²) in [6, 6.07) is 10.4. The van der Waals surface area contributed by atoms with E-state index in [0.717, 1.165) is 19.3 Å². The van der Waals surface area contributed by atoms with Gasteiger partial charge in [-0.25, -0.2) is 0 Å². The third-order valence-corrected chi connectivity index (χ3v) is 3.37. The van der Waals surface area contributed by atoms with Crippen LogP contribution in [0.2, 0.25) is 0 Å². The summed E-state index contributed by atoms with van der Waals surface area (Å²) >= 11 is 0. The molecule has 1 aromatic rings. The van der Waals surface area contributed by atoms with Gasteiger partial charge in [0.05, 0.1) is 7.11 Å². The number of ether oxygens (including phenoxy) is 1. The van der Waals surface area contributed by atoms with Gasteiger partial charge in [-0.3, -0.25) is 4.79 Å². The molecule has 0 aromatic heterocycles. The normalized spacial score (nSPS) is 11.2. The Labute approximate surface area is 110 Å². The van der Waals surface area contributed by atoms with Crippen molar-refractivity contribution in [2.24, 2.45) is 0 Å². The van der Waals surface area contributed by atoms with Crippen molar-refractivity contribution in [1.82, 2.24) is 0 Å². The molecule has 0 saturated heterocycles. The van der Waals surface area contributed by atoms with E-state index in [1.54, 1.807) is 0 Å². The molecule has 2 nitrogen and oxygen atoms in total. The van der Waals surface area contributed by atoms with Crippen molar-refractivity contribution in [3.8, 4) is 0 Å². The second-order valence-electron chi connectivity index (χ2n) is 3.82. The summed E-state index contributed by atoms with van der Waals surface area (Å²) in [7, 11) is 2.68. The van der Waals surface area contributed by atoms with Crippen molar-refractivity contribution in [3.63, 3.8) is 0 Å². The zero-order valence-electron chi connectivity index (χ0n) is 10.7. The smallest absolute Gasteiger partial charge is 0.305 e. The van der Waals surface area contributed by atoms with Crippen molar-refractivity contribution >= 4 is 25.3 Å². The minimum absolute atomic E-state index is 0.127. The summed E-state index contributed by atoms with van der Waals surface area (Å²) in [5.74, 6) is 2.10. The molecule has 0 aliphatic rings. The van der Waals surface area contributed by atoms with Crippen LogP contribution in [-0.4, -0.2) is 18.9 Å². The molecule has 0 saturated carbocycles. The van der Waals surface area contributed by atoms with Crippen LogP contribution in [0.5, 0.6) is 0 Å². The molecule has 0 fully saturated rings. The van der Waals surface area contributed by atoms with Crippen LogP contribution in [0.25, 0.3) is 0 Å². The van der Waals surface area contributed by atoms with Gasteiger partial charge in [0, 0.05) is 11.7 Å². The maximum absolute atomic E-state index is 10.9. The zero-order valence-corrected chi connectivity index (χ0v) is 11.6. The second kappa shape index (κ2) is 9.61. The molecule has 0 unspecified atom stereocenters. The van der Waals surface area contributed by atoms with Crippen LogP contribution in [0.4, 0.5) is 0 Å². The van der Waals surface area contributed by atoms with Crippen LogP contribution in [-0.2, 0) is 9.53 Å². The third-order valence-electron chi connectivity index (χ3n) is 2.38. The molecule has 0 amide bonds. The average Bonchev–Trinajstić information content (AvgIpc) is 2.42. The molecule has 96 valence electrons. The summed E-state index contributed by atoms with van der Waals surface area (Å²) in [5.41, 5.74) is 0. The van der Waals surface area contributed by atoms with Crippen molar-refractivity contribution in [1.29, 1.82) is 0 Å². The number of unbranched alkanes of at least 4 members (excludes halogenated alkanes) is 1. The van der Waals surface area contributed by atoms with Crippen molar-refractivity contribution in [2.75, 3.05) is 7.11 Å². The maximum Gasteiger partial charge on any atom is 0.305 e. The summed E-state index contributed by atoms with van der Waals surface area (Å²) in [4.78, 5) is 10.9. The lowest BCUT2D eigenvalue weighted by Crippen LogP contribution is -1.98. The Morgan fingerprint density at radius 3 is 2.78 bits per heavy atom. The van der Waals surface area contributed by atoms with Crippen LogP contribution in [0.1, 0.15) is 25.7 Å². The molecule has 0 bridgehead atoms. The summed E-state index contributed by atoms with van der Waals surface area (Å²) in [5, 5.41) is 1.32. The van der Waals surface area contributed by atoms with Gasteiger partial charge in [0.25, 0.3) is 0 Å². The summed E-state index contributed by atoms with van der Waals surface area (Å²) in [6.07, 6.45) is 7.54. The number of hydrogen-bond acceptors (Lipinski definition) is 2. The topological polar surface area (TPSA) is 26.3 Å². The number of hydrogen-bond donors (Lipinski definition) is 0. The van der Waals surface area contributed by atoms with Crippen molar-refractivity contribution in [2.45, 2.75) is 25.7 Å². The van der Waals surface area contributed by atoms with Gasteiger partial charge in [0.1, 0.15) is 0 Å². The Kier molecular flexibility index (Phi) is 7.83. The summed E-state index contributed by atoms with van der Waals surface area (Å²) in [6.45, 7) is 0. The predicted octanol–water partition coefficient (Wildman–Crippen LogP) is 3.35. The van der Waals surface area contributed by atoms with E-state index >= 15 is 0 Å². The van der Waals surface area contributed by atoms with E-state index < -0.39 is 0 Å². The number of carbonyl (C=O) groups is 1. The average molecular weight is 262 g/mol. The van der Waals surface area contributed by atoms with E-state index in [9.17, 15) is 4.79 Å². The Morgan fingerprint density at radius 2 is 2.06 bits per heavy atom. The Morgan fingerprint density at radius 1 is 1.28 bits per heavy atom. The summed E-state index contributed by atoms with van der Waals surface area (Å²) < 4.78 is 4.57. The fourth-order valence-corrected chi connectivity index (χ4v) is 2.20. The van der Waals surface area contributed by atoms with E-state index in [-0.39, 0.29) is 5.97 Å². The standard InChI is InChI=1S/C15H19O2P/c1-17-15(16)12-8-3-2-4-9-13-18-14-10-6-5-7-11-14/h2,4-7,10-11,13H,3,8-9,12H2,1H3/b4-2+. The Bertz CT molecular complexity index is 396. The highest BCUT2D eigenvalue weighted by atomic mass is 31.1. The van der Waals surface area contributed by atoms with E-state index in [1.165, 1.54) is 20.6 Å². The fourth-order valence-electron chi connectivity index (χ4n) is 1.41. The lowest BCUT2D eigenvalue weighted by Gasteiger charge is -1.95. The van der Waals surface area contributed by atoms with Gasteiger partial charge in [-0.2, -0.15) is 0 Å². The fraction of sp³-hybridized carbons (Fsp3) is 0.333. The minimum atomic E-state index is -0.127. The van der Waals surface area contributed by atoms with Crippen molar-refractivity contribution < 1.29 is 9.53 Å². The van der Waals surface area contributed by atoms with Gasteiger partial charge in [-0.05, 0) is 19.3 Å². The van der Waals surface area contributed by atoms with Crippen LogP contribution < -0.4 is 5.30 Å². The van der Waals surface area contributed by atoms with Gasteiger partial charge in [0.15, 0.2) is 0 Å². The molecule has 0 atom stereocenters. The Balaban J connectivity index is 2.10. The van der Waals surface area contributed by atoms with Gasteiger partial charge >= 0.3 is 5.97 Å². The highest BCUT2D eigenvalue weighted by molar-refractivity contribution is 7.47. The van der Waals surface area contributed by atoms with E-state index in [1.807, 2.05) is 6.07 Å². The van der Waals surface area contributed by atoms with Crippen LogP contribution >= 0.6 is 8.20 Å². The Hall–Kier alpha value is -1.40. The first kappa shape index (κ1) is 14.7. The van der Waals surface area contributed by atoms with Gasteiger partial charge in [0.2, 0.25) is 0 Å². The number of carbonyl (C=O) groups excluding carboxylic acids is 1. The quantitative estimate of drug-likeness (QED) is 0.326. The first-order chi connectivity index (χ1) is 8.83. The molecule has 0 radical (unpaired) electrons. The number of benzene rings is 1. The molecule has 1 aromatic carbocycles. The molecular weight excluding hydrogens is 243 g/mol. The molecule has 18 heavy (non-hydrogen) atoms. The first-order valence-corrected chi connectivity index (χ1v) is 7.08. The van der Waals surface area contributed by atoms with E-state index in [0.29, 0.717) is 6.42 Å². The first-order valence-electron chi connectivity index (χ1n) is 6.12. The molecule has 0 spiro atoms. The number of methoxy groups -OCH3 is 1. The molecule has 0 N–H and O–H groups in total. The van der Waals surface area contributed by atoms with Crippen LogP contribution in [0.15, 0.2) is 42.5 Å². The molecule has 0 aliphatic heterocycles. The molecule has 1 rings (SSSR count). The SMILES string of the molecule is COC(=O)CCC/C=C/CC=Pc1ccccc1.